The molecule has 2 aromatic rings. The highest BCUT2D eigenvalue weighted by atomic mass is 16.6. The van der Waals surface area contributed by atoms with E-state index in [4.69, 9.17) is 14.2 Å². The number of unbranched alkanes of at least 4 members (excludes halogenated alkanes) is 3. The van der Waals surface area contributed by atoms with Gasteiger partial charge in [0.15, 0.2) is 0 Å². The van der Waals surface area contributed by atoms with Gasteiger partial charge in [0.05, 0.1) is 18.8 Å². The van der Waals surface area contributed by atoms with Gasteiger partial charge in [0.2, 0.25) is 0 Å². The van der Waals surface area contributed by atoms with E-state index in [0.29, 0.717) is 25.6 Å². The van der Waals surface area contributed by atoms with E-state index in [1.165, 1.54) is 32.1 Å². The second-order valence-electron chi connectivity index (χ2n) is 12.9. The molecule has 0 aliphatic heterocycles. The molecule has 44 heavy (non-hydrogen) atoms. The normalized spacial score (nSPS) is 15.2. The van der Waals surface area contributed by atoms with Crippen LogP contribution in [0.25, 0.3) is 0 Å². The Morgan fingerprint density at radius 3 is 2.05 bits per heavy atom. The van der Waals surface area contributed by atoms with Crippen LogP contribution in [0.3, 0.4) is 0 Å². The molecule has 8 nitrogen and oxygen atoms in total. The smallest absolute Gasteiger partial charge is 0.407 e. The molecule has 0 heterocycles. The summed E-state index contributed by atoms with van der Waals surface area (Å²) in [4.78, 5) is 24.8. The lowest BCUT2D eigenvalue weighted by molar-refractivity contribution is -0.0000667. The van der Waals surface area contributed by atoms with Crippen molar-refractivity contribution in [1.29, 1.82) is 0 Å². The van der Waals surface area contributed by atoms with Crippen molar-refractivity contribution < 1.29 is 23.8 Å². The van der Waals surface area contributed by atoms with Crippen LogP contribution < -0.4 is 16.0 Å². The second-order valence-corrected chi connectivity index (χ2v) is 12.9. The summed E-state index contributed by atoms with van der Waals surface area (Å²) >= 11 is 0. The summed E-state index contributed by atoms with van der Waals surface area (Å²) < 4.78 is 17.4. The van der Waals surface area contributed by atoms with E-state index in [-0.39, 0.29) is 30.9 Å². The van der Waals surface area contributed by atoms with Crippen LogP contribution in [0.15, 0.2) is 60.7 Å². The van der Waals surface area contributed by atoms with E-state index in [2.05, 4.69) is 28.1 Å². The van der Waals surface area contributed by atoms with Crippen LogP contribution in [0.1, 0.15) is 96.1 Å². The third kappa shape index (κ3) is 15.6. The van der Waals surface area contributed by atoms with E-state index in [0.717, 1.165) is 49.8 Å². The Balaban J connectivity index is 1.43. The van der Waals surface area contributed by atoms with E-state index in [1.807, 2.05) is 69.3 Å². The minimum absolute atomic E-state index is 0.142. The predicted octanol–water partition coefficient (Wildman–Crippen LogP) is 7.51. The van der Waals surface area contributed by atoms with Crippen molar-refractivity contribution >= 4 is 12.2 Å². The van der Waals surface area contributed by atoms with Crippen molar-refractivity contribution in [2.24, 2.45) is 5.92 Å². The van der Waals surface area contributed by atoms with Gasteiger partial charge in [-0.15, -0.1) is 0 Å². The predicted molar refractivity (Wildman–Crippen MR) is 175 cm³/mol. The van der Waals surface area contributed by atoms with Gasteiger partial charge in [-0.3, -0.25) is 0 Å². The number of nitrogens with one attached hydrogen (secondary N) is 3. The summed E-state index contributed by atoms with van der Waals surface area (Å²) in [5, 5.41) is 9.62. The molecule has 2 amide bonds. The lowest BCUT2D eigenvalue weighted by Crippen LogP contribution is -2.51. The summed E-state index contributed by atoms with van der Waals surface area (Å²) in [5.74, 6) is 0.579. The summed E-state index contributed by atoms with van der Waals surface area (Å²) in [5.41, 5.74) is 1.53. The van der Waals surface area contributed by atoms with E-state index < -0.39 is 5.60 Å². The van der Waals surface area contributed by atoms with Crippen LogP contribution >= 0.6 is 0 Å². The average Bonchev–Trinajstić information content (AvgIpc) is 3.01. The Labute approximate surface area is 265 Å². The first-order valence-electron chi connectivity index (χ1n) is 16.6. The zero-order valence-electron chi connectivity index (χ0n) is 27.2. The molecule has 0 bridgehead atoms. The van der Waals surface area contributed by atoms with Crippen LogP contribution in [0.4, 0.5) is 9.59 Å². The fourth-order valence-corrected chi connectivity index (χ4v) is 5.58. The zero-order valence-corrected chi connectivity index (χ0v) is 27.2. The average molecular weight is 610 g/mol. The molecular weight excluding hydrogens is 554 g/mol. The fourth-order valence-electron chi connectivity index (χ4n) is 5.58. The Morgan fingerprint density at radius 2 is 1.41 bits per heavy atom. The third-order valence-electron chi connectivity index (χ3n) is 7.88. The number of rotatable bonds is 18. The summed E-state index contributed by atoms with van der Waals surface area (Å²) in [7, 11) is 0. The largest absolute Gasteiger partial charge is 0.445 e. The second kappa shape index (κ2) is 20.0. The number of benzene rings is 2. The maximum atomic E-state index is 12.9. The maximum Gasteiger partial charge on any atom is 0.407 e. The first kappa shape index (κ1) is 35.4. The SMILES string of the molecule is CC(C)(C)OC(=O)NC(CC1CCCCC1)C(CNCCCCCCNC(=O)OCc1ccccc1)OCc1ccccc1. The van der Waals surface area contributed by atoms with E-state index in [9.17, 15) is 9.59 Å². The van der Waals surface area contributed by atoms with Crippen molar-refractivity contribution in [2.75, 3.05) is 19.6 Å². The van der Waals surface area contributed by atoms with Crippen LogP contribution in [-0.2, 0) is 27.4 Å². The van der Waals surface area contributed by atoms with Crippen molar-refractivity contribution in [3.05, 3.63) is 71.8 Å². The molecule has 0 radical (unpaired) electrons. The molecule has 8 heteroatoms. The third-order valence-corrected chi connectivity index (χ3v) is 7.88. The number of alkyl carbamates (subject to hydrolysis) is 2. The van der Waals surface area contributed by atoms with Gasteiger partial charge in [-0.1, -0.05) is 106 Å². The first-order valence-corrected chi connectivity index (χ1v) is 16.6. The molecule has 2 atom stereocenters. The highest BCUT2D eigenvalue weighted by molar-refractivity contribution is 5.68. The number of hydrogen-bond donors (Lipinski definition) is 3. The van der Waals surface area contributed by atoms with Gasteiger partial charge in [0.25, 0.3) is 0 Å². The molecule has 0 spiro atoms. The maximum absolute atomic E-state index is 12.9. The summed E-state index contributed by atoms with van der Waals surface area (Å²) in [6, 6.07) is 19.7. The Morgan fingerprint density at radius 1 is 0.795 bits per heavy atom. The molecule has 1 aliphatic carbocycles. The van der Waals surface area contributed by atoms with Crippen molar-refractivity contribution in [1.82, 2.24) is 16.0 Å². The lowest BCUT2D eigenvalue weighted by atomic mass is 9.83. The monoisotopic (exact) mass is 609 g/mol. The number of carbonyl (C=O) groups excluding carboxylic acids is 2. The first-order chi connectivity index (χ1) is 21.3. The molecule has 0 aromatic heterocycles. The summed E-state index contributed by atoms with van der Waals surface area (Å²) in [6.45, 7) is 8.56. The number of amides is 2. The summed E-state index contributed by atoms with van der Waals surface area (Å²) in [6.07, 6.45) is 10.2. The molecule has 0 saturated heterocycles. The van der Waals surface area contributed by atoms with Gasteiger partial charge < -0.3 is 30.2 Å². The highest BCUT2D eigenvalue weighted by Gasteiger charge is 2.29. The quantitative estimate of drug-likeness (QED) is 0.151. The van der Waals surface area contributed by atoms with Crippen LogP contribution in [0.5, 0.6) is 0 Å². The minimum atomic E-state index is -0.559. The van der Waals surface area contributed by atoms with Gasteiger partial charge >= 0.3 is 12.2 Å². The number of hydrogen-bond acceptors (Lipinski definition) is 6. The molecule has 3 rings (SSSR count). The Kier molecular flexibility index (Phi) is 16.1. The van der Waals surface area contributed by atoms with Crippen LogP contribution in [0.2, 0.25) is 0 Å². The fraction of sp³-hybridized carbons (Fsp3) is 0.611. The van der Waals surface area contributed by atoms with Crippen LogP contribution in [0, 0.1) is 5.92 Å². The van der Waals surface area contributed by atoms with Gasteiger partial charge in [-0.25, -0.2) is 9.59 Å². The van der Waals surface area contributed by atoms with Gasteiger partial charge in [-0.2, -0.15) is 0 Å². The van der Waals surface area contributed by atoms with E-state index >= 15 is 0 Å². The van der Waals surface area contributed by atoms with Crippen molar-refractivity contribution in [3.8, 4) is 0 Å². The topological polar surface area (TPSA) is 97.9 Å². The highest BCUT2D eigenvalue weighted by Crippen LogP contribution is 2.29. The molecule has 2 aromatic carbocycles. The molecule has 244 valence electrons. The molecule has 3 N–H and O–H groups in total. The lowest BCUT2D eigenvalue weighted by Gasteiger charge is -2.33. The zero-order chi connectivity index (χ0) is 31.5. The van der Waals surface area contributed by atoms with Gasteiger partial charge in [0, 0.05) is 13.1 Å². The van der Waals surface area contributed by atoms with Gasteiger partial charge in [0.1, 0.15) is 12.2 Å². The van der Waals surface area contributed by atoms with E-state index in [1.54, 1.807) is 0 Å². The number of ether oxygens (including phenoxy) is 3. The standard InChI is InChI=1S/C36H55N3O5/c1-36(2,3)44-35(41)39-32(25-29-17-9-6-10-18-29)33(42-27-30-19-11-7-12-20-30)26-37-23-15-4-5-16-24-38-34(40)43-28-31-21-13-8-14-22-31/h7-8,11-14,19-22,29,32-33,37H,4-6,9-10,15-18,23-28H2,1-3H3,(H,38,40)(H,39,41). The van der Waals surface area contributed by atoms with Crippen molar-refractivity contribution in [2.45, 2.75) is 116 Å². The molecule has 1 saturated carbocycles. The minimum Gasteiger partial charge on any atom is -0.445 e. The Bertz CT molecular complexity index is 1050. The van der Waals surface area contributed by atoms with Gasteiger partial charge in [-0.05, 0) is 63.6 Å². The van der Waals surface area contributed by atoms with Crippen LogP contribution in [-0.4, -0.2) is 49.6 Å². The molecule has 1 fully saturated rings. The Hall–Kier alpha value is -3.10. The van der Waals surface area contributed by atoms with Crippen molar-refractivity contribution in [3.63, 3.8) is 0 Å². The molecule has 2 unspecified atom stereocenters. The number of carbonyl (C=O) groups is 2. The molecule has 1 aliphatic rings. The molecular formula is C36H55N3O5.